The highest BCUT2D eigenvalue weighted by atomic mass is 32.1. The standard InChI is InChI=1S/C11H19N3OS/c1-13(2)11-12-6-10(16-11)8-14-5-3-4-9(15)7-14/h6,9,15H,3-5,7-8H2,1-2H3. The van der Waals surface area contributed by atoms with Crippen molar-refractivity contribution in [3.63, 3.8) is 0 Å². The lowest BCUT2D eigenvalue weighted by Gasteiger charge is -2.29. The SMILES string of the molecule is CN(C)c1ncc(CN2CCCC(O)C2)s1. The van der Waals surface area contributed by atoms with Crippen LogP contribution in [0, 0.1) is 0 Å². The largest absolute Gasteiger partial charge is 0.392 e. The summed E-state index contributed by atoms with van der Waals surface area (Å²) in [5.74, 6) is 0. The van der Waals surface area contributed by atoms with Gasteiger partial charge in [-0.05, 0) is 19.4 Å². The van der Waals surface area contributed by atoms with Crippen molar-refractivity contribution in [2.45, 2.75) is 25.5 Å². The van der Waals surface area contributed by atoms with Crippen molar-refractivity contribution in [2.24, 2.45) is 0 Å². The van der Waals surface area contributed by atoms with E-state index in [0.29, 0.717) is 0 Å². The second-order valence-corrected chi connectivity index (χ2v) is 5.63. The second kappa shape index (κ2) is 5.12. The predicted octanol–water partition coefficient (Wildman–Crippen LogP) is 1.17. The van der Waals surface area contributed by atoms with Crippen LogP contribution in [0.2, 0.25) is 0 Å². The van der Waals surface area contributed by atoms with Crippen molar-refractivity contribution in [2.75, 3.05) is 32.1 Å². The molecule has 0 aromatic carbocycles. The van der Waals surface area contributed by atoms with Gasteiger partial charge in [0.2, 0.25) is 0 Å². The van der Waals surface area contributed by atoms with Crippen LogP contribution < -0.4 is 4.90 Å². The van der Waals surface area contributed by atoms with Crippen molar-refractivity contribution in [3.05, 3.63) is 11.1 Å². The number of piperidine rings is 1. The Morgan fingerprint density at radius 2 is 2.44 bits per heavy atom. The number of aliphatic hydroxyl groups excluding tert-OH is 1. The Kier molecular flexibility index (Phi) is 3.78. The van der Waals surface area contributed by atoms with Crippen LogP contribution in [0.3, 0.4) is 0 Å². The van der Waals surface area contributed by atoms with Gasteiger partial charge in [-0.25, -0.2) is 4.98 Å². The van der Waals surface area contributed by atoms with E-state index in [9.17, 15) is 5.11 Å². The quantitative estimate of drug-likeness (QED) is 0.862. The zero-order valence-corrected chi connectivity index (χ0v) is 10.7. The highest BCUT2D eigenvalue weighted by Gasteiger charge is 2.18. The minimum Gasteiger partial charge on any atom is -0.392 e. The molecule has 1 N–H and O–H groups in total. The van der Waals surface area contributed by atoms with Gasteiger partial charge in [0.1, 0.15) is 0 Å². The van der Waals surface area contributed by atoms with Crippen molar-refractivity contribution in [3.8, 4) is 0 Å². The highest BCUT2D eigenvalue weighted by molar-refractivity contribution is 7.15. The fourth-order valence-electron chi connectivity index (χ4n) is 1.97. The number of likely N-dealkylation sites (tertiary alicyclic amines) is 1. The maximum atomic E-state index is 9.59. The van der Waals surface area contributed by atoms with E-state index in [1.165, 1.54) is 4.88 Å². The van der Waals surface area contributed by atoms with Crippen molar-refractivity contribution in [1.82, 2.24) is 9.88 Å². The molecule has 1 atom stereocenters. The van der Waals surface area contributed by atoms with Crippen molar-refractivity contribution < 1.29 is 5.11 Å². The Morgan fingerprint density at radius 1 is 1.62 bits per heavy atom. The van der Waals surface area contributed by atoms with Crippen LogP contribution in [0.5, 0.6) is 0 Å². The summed E-state index contributed by atoms with van der Waals surface area (Å²) in [5, 5.41) is 10.6. The number of hydrogen-bond donors (Lipinski definition) is 1. The summed E-state index contributed by atoms with van der Waals surface area (Å²) in [5.41, 5.74) is 0. The number of thiazole rings is 1. The molecule has 4 nitrogen and oxygen atoms in total. The number of rotatable bonds is 3. The lowest BCUT2D eigenvalue weighted by molar-refractivity contribution is 0.0673. The molecular weight excluding hydrogens is 222 g/mol. The summed E-state index contributed by atoms with van der Waals surface area (Å²) >= 11 is 1.73. The van der Waals surface area contributed by atoms with Gasteiger partial charge >= 0.3 is 0 Å². The maximum Gasteiger partial charge on any atom is 0.185 e. The summed E-state index contributed by atoms with van der Waals surface area (Å²) in [6, 6.07) is 0. The Hall–Kier alpha value is -0.650. The van der Waals surface area contributed by atoms with Gasteiger partial charge in [0.05, 0.1) is 6.10 Å². The minimum absolute atomic E-state index is 0.144. The normalized spacial score (nSPS) is 22.3. The first kappa shape index (κ1) is 11.8. The van der Waals surface area contributed by atoms with Crippen molar-refractivity contribution in [1.29, 1.82) is 0 Å². The highest BCUT2D eigenvalue weighted by Crippen LogP contribution is 2.23. The van der Waals surface area contributed by atoms with E-state index >= 15 is 0 Å². The van der Waals surface area contributed by atoms with Gasteiger partial charge in [0.25, 0.3) is 0 Å². The molecular formula is C11H19N3OS. The molecule has 0 radical (unpaired) electrons. The lowest BCUT2D eigenvalue weighted by Crippen LogP contribution is -2.37. The van der Waals surface area contributed by atoms with Gasteiger partial charge in [0.15, 0.2) is 5.13 Å². The third kappa shape index (κ3) is 2.93. The van der Waals surface area contributed by atoms with Crippen LogP contribution in [0.1, 0.15) is 17.7 Å². The summed E-state index contributed by atoms with van der Waals surface area (Å²) < 4.78 is 0. The molecule has 0 aliphatic carbocycles. The van der Waals surface area contributed by atoms with Gasteiger partial charge in [-0.3, -0.25) is 4.90 Å². The Morgan fingerprint density at radius 3 is 3.06 bits per heavy atom. The third-order valence-corrected chi connectivity index (χ3v) is 3.93. The van der Waals surface area contributed by atoms with Crippen molar-refractivity contribution >= 4 is 16.5 Å². The van der Waals surface area contributed by atoms with Crippen LogP contribution in [-0.4, -0.2) is 48.3 Å². The number of aromatic nitrogens is 1. The molecule has 16 heavy (non-hydrogen) atoms. The number of β-amino-alcohol motifs (C(OH)–C–C–N with tert-alkyl or cyclic N) is 1. The summed E-state index contributed by atoms with van der Waals surface area (Å²) in [4.78, 5) is 9.96. The van der Waals surface area contributed by atoms with Gasteiger partial charge < -0.3 is 10.0 Å². The second-order valence-electron chi connectivity index (χ2n) is 4.53. The van der Waals surface area contributed by atoms with Crippen LogP contribution in [0.4, 0.5) is 5.13 Å². The van der Waals surface area contributed by atoms with Crippen LogP contribution in [-0.2, 0) is 6.54 Å². The molecule has 1 aromatic rings. The average Bonchev–Trinajstić information content (AvgIpc) is 2.66. The van der Waals surface area contributed by atoms with Gasteiger partial charge in [-0.1, -0.05) is 0 Å². The Bertz CT molecular complexity index is 340. The third-order valence-electron chi connectivity index (χ3n) is 2.78. The topological polar surface area (TPSA) is 39.6 Å². The van der Waals surface area contributed by atoms with Crippen LogP contribution in [0.25, 0.3) is 0 Å². The number of anilines is 1. The molecule has 5 heteroatoms. The van der Waals surface area contributed by atoms with Crippen LogP contribution in [0.15, 0.2) is 6.20 Å². The molecule has 1 saturated heterocycles. The van der Waals surface area contributed by atoms with E-state index in [2.05, 4.69) is 9.88 Å². The Labute approximate surface area is 101 Å². The average molecular weight is 241 g/mol. The summed E-state index contributed by atoms with van der Waals surface area (Å²) in [6.07, 6.45) is 3.85. The van der Waals surface area contributed by atoms with Gasteiger partial charge in [-0.2, -0.15) is 0 Å². The molecule has 90 valence electrons. The van der Waals surface area contributed by atoms with E-state index in [1.54, 1.807) is 11.3 Å². The van der Waals surface area contributed by atoms with E-state index in [1.807, 2.05) is 25.2 Å². The molecule has 1 fully saturated rings. The van der Waals surface area contributed by atoms with Gasteiger partial charge in [-0.15, -0.1) is 11.3 Å². The predicted molar refractivity (Wildman–Crippen MR) is 67.0 cm³/mol. The zero-order valence-electron chi connectivity index (χ0n) is 9.89. The first-order valence-corrected chi connectivity index (χ1v) is 6.49. The van der Waals surface area contributed by atoms with Gasteiger partial charge in [0, 0.05) is 38.3 Å². The summed E-state index contributed by atoms with van der Waals surface area (Å²) in [7, 11) is 4.01. The first-order chi connectivity index (χ1) is 7.65. The van der Waals surface area contributed by atoms with Crippen LogP contribution >= 0.6 is 11.3 Å². The molecule has 1 unspecified atom stereocenters. The molecule has 0 saturated carbocycles. The smallest absolute Gasteiger partial charge is 0.185 e. The van der Waals surface area contributed by atoms with E-state index in [-0.39, 0.29) is 6.10 Å². The number of hydrogen-bond acceptors (Lipinski definition) is 5. The fourth-order valence-corrected chi connectivity index (χ4v) is 2.85. The number of nitrogens with zero attached hydrogens (tertiary/aromatic N) is 3. The zero-order chi connectivity index (χ0) is 11.5. The first-order valence-electron chi connectivity index (χ1n) is 5.67. The number of aliphatic hydroxyl groups is 1. The molecule has 2 rings (SSSR count). The molecule has 2 heterocycles. The minimum atomic E-state index is -0.144. The molecule has 1 aromatic heterocycles. The Balaban J connectivity index is 1.92. The molecule has 1 aliphatic rings. The van der Waals surface area contributed by atoms with E-state index in [4.69, 9.17) is 0 Å². The molecule has 1 aliphatic heterocycles. The molecule has 0 amide bonds. The molecule has 0 spiro atoms. The molecule has 0 bridgehead atoms. The van der Waals surface area contributed by atoms with E-state index in [0.717, 1.165) is 37.6 Å². The lowest BCUT2D eigenvalue weighted by atomic mass is 10.1. The maximum absolute atomic E-state index is 9.59. The monoisotopic (exact) mass is 241 g/mol. The fraction of sp³-hybridized carbons (Fsp3) is 0.727. The van der Waals surface area contributed by atoms with E-state index < -0.39 is 0 Å². The summed E-state index contributed by atoms with van der Waals surface area (Å²) in [6.45, 7) is 2.81.